The van der Waals surface area contributed by atoms with Crippen LogP contribution in [-0.4, -0.2) is 12.9 Å². The number of ether oxygens (including phenoxy) is 3. The lowest BCUT2D eigenvalue weighted by Crippen LogP contribution is -1.93. The van der Waals surface area contributed by atoms with Crippen molar-refractivity contribution in [3.05, 3.63) is 23.8 Å². The highest BCUT2D eigenvalue weighted by Crippen LogP contribution is 2.32. The van der Waals surface area contributed by atoms with Crippen molar-refractivity contribution < 1.29 is 14.2 Å². The van der Waals surface area contributed by atoms with E-state index >= 15 is 0 Å². The summed E-state index contributed by atoms with van der Waals surface area (Å²) in [5.41, 5.74) is 1.03. The van der Waals surface area contributed by atoms with Crippen LogP contribution < -0.4 is 9.47 Å². The van der Waals surface area contributed by atoms with Crippen LogP contribution in [0.25, 0.3) is 0 Å². The predicted molar refractivity (Wildman–Crippen MR) is 48.1 cm³/mol. The van der Waals surface area contributed by atoms with E-state index in [0.717, 1.165) is 17.1 Å². The Balaban J connectivity index is 2.12. The zero-order valence-corrected chi connectivity index (χ0v) is 7.71. The smallest absolute Gasteiger partial charge is 0.231 e. The lowest BCUT2D eigenvalue weighted by Gasteiger charge is -2.01. The van der Waals surface area contributed by atoms with E-state index < -0.39 is 0 Å². The fourth-order valence-corrected chi connectivity index (χ4v) is 1.26. The van der Waals surface area contributed by atoms with Crippen LogP contribution in [0.15, 0.2) is 18.2 Å². The molecule has 4 heteroatoms. The summed E-state index contributed by atoms with van der Waals surface area (Å²) in [5.74, 6) is 1.56. The minimum atomic E-state index is 0.203. The van der Waals surface area contributed by atoms with Gasteiger partial charge in [0.25, 0.3) is 0 Å². The molecule has 1 aliphatic rings. The van der Waals surface area contributed by atoms with Gasteiger partial charge in [0.05, 0.1) is 6.61 Å². The average molecular weight is 201 g/mol. The quantitative estimate of drug-likeness (QED) is 0.700. The van der Waals surface area contributed by atoms with Crippen LogP contribution in [0.5, 0.6) is 11.5 Å². The van der Waals surface area contributed by atoms with Gasteiger partial charge in [0, 0.05) is 0 Å². The van der Waals surface area contributed by atoms with E-state index in [-0.39, 0.29) is 6.07 Å². The zero-order valence-electron chi connectivity index (χ0n) is 6.96. The Kier molecular flexibility index (Phi) is 2.57. The molecule has 0 unspecified atom stereocenters. The summed E-state index contributed by atoms with van der Waals surface area (Å²) in [6, 6.07) is 5.90. The summed E-state index contributed by atoms with van der Waals surface area (Å²) in [4.78, 5) is 0. The molecule has 0 radical (unpaired) electrons. The largest absolute Gasteiger partial charge is 0.454 e. The summed E-state index contributed by atoms with van der Waals surface area (Å²) >= 11 is 5.39. The standard InChI is InChI=1S/C9H9ClO3/c10-5-11-4-7-1-2-8-9(3-7)13-6-12-8/h1-3H,4-6H2. The Morgan fingerprint density at radius 1 is 1.31 bits per heavy atom. The van der Waals surface area contributed by atoms with Gasteiger partial charge in [-0.1, -0.05) is 17.7 Å². The Labute approximate surface area is 81.2 Å². The molecule has 0 spiro atoms. The summed E-state index contributed by atoms with van der Waals surface area (Å²) in [5, 5.41) is 0. The van der Waals surface area contributed by atoms with Crippen LogP contribution in [0.3, 0.4) is 0 Å². The van der Waals surface area contributed by atoms with Crippen molar-refractivity contribution in [3.63, 3.8) is 0 Å². The lowest BCUT2D eigenvalue weighted by atomic mass is 10.2. The molecule has 3 nitrogen and oxygen atoms in total. The molecule has 0 fully saturated rings. The van der Waals surface area contributed by atoms with E-state index in [0.29, 0.717) is 13.4 Å². The average Bonchev–Trinajstić information content (AvgIpc) is 2.61. The van der Waals surface area contributed by atoms with Crippen molar-refractivity contribution in [1.82, 2.24) is 0 Å². The topological polar surface area (TPSA) is 27.7 Å². The van der Waals surface area contributed by atoms with Gasteiger partial charge in [-0.25, -0.2) is 0 Å². The van der Waals surface area contributed by atoms with Crippen molar-refractivity contribution in [1.29, 1.82) is 0 Å². The van der Waals surface area contributed by atoms with Crippen LogP contribution in [0.1, 0.15) is 5.56 Å². The van der Waals surface area contributed by atoms with Gasteiger partial charge in [0.15, 0.2) is 11.5 Å². The minimum absolute atomic E-state index is 0.203. The molecule has 1 aromatic carbocycles. The molecule has 0 amide bonds. The number of rotatable bonds is 3. The third-order valence-corrected chi connectivity index (χ3v) is 1.94. The summed E-state index contributed by atoms with van der Waals surface area (Å²) < 4.78 is 15.4. The van der Waals surface area contributed by atoms with Crippen molar-refractivity contribution in [2.75, 3.05) is 12.9 Å². The van der Waals surface area contributed by atoms with Gasteiger partial charge in [-0.15, -0.1) is 0 Å². The maximum absolute atomic E-state index is 5.39. The molecule has 0 aromatic heterocycles. The molecule has 0 atom stereocenters. The van der Waals surface area contributed by atoms with E-state index in [1.165, 1.54) is 0 Å². The highest BCUT2D eigenvalue weighted by Gasteiger charge is 2.12. The number of benzene rings is 1. The van der Waals surface area contributed by atoms with E-state index in [1.807, 2.05) is 18.2 Å². The van der Waals surface area contributed by atoms with E-state index in [4.69, 9.17) is 25.8 Å². The number of alkyl halides is 1. The molecular formula is C9H9ClO3. The molecule has 1 heterocycles. The van der Waals surface area contributed by atoms with E-state index in [9.17, 15) is 0 Å². The molecule has 0 aliphatic carbocycles. The van der Waals surface area contributed by atoms with E-state index in [2.05, 4.69) is 0 Å². The first-order valence-corrected chi connectivity index (χ1v) is 4.46. The third kappa shape index (κ3) is 1.87. The molecule has 0 saturated heterocycles. The Bertz CT molecular complexity index is 301. The van der Waals surface area contributed by atoms with Crippen LogP contribution in [-0.2, 0) is 11.3 Å². The summed E-state index contributed by atoms with van der Waals surface area (Å²) in [7, 11) is 0. The lowest BCUT2D eigenvalue weighted by molar-refractivity contribution is 0.164. The number of hydrogen-bond acceptors (Lipinski definition) is 3. The molecule has 70 valence electrons. The van der Waals surface area contributed by atoms with Crippen LogP contribution in [0.4, 0.5) is 0 Å². The second-order valence-electron chi connectivity index (χ2n) is 2.65. The minimum Gasteiger partial charge on any atom is -0.454 e. The second kappa shape index (κ2) is 3.85. The first kappa shape index (κ1) is 8.66. The molecule has 13 heavy (non-hydrogen) atoms. The van der Waals surface area contributed by atoms with Crippen LogP contribution in [0.2, 0.25) is 0 Å². The molecule has 0 bridgehead atoms. The Morgan fingerprint density at radius 3 is 3.00 bits per heavy atom. The fraction of sp³-hybridized carbons (Fsp3) is 0.333. The number of halogens is 1. The normalized spacial score (nSPS) is 13.3. The first-order valence-electron chi connectivity index (χ1n) is 3.92. The van der Waals surface area contributed by atoms with Gasteiger partial charge in [0.2, 0.25) is 6.79 Å². The van der Waals surface area contributed by atoms with Crippen molar-refractivity contribution in [3.8, 4) is 11.5 Å². The van der Waals surface area contributed by atoms with Crippen LogP contribution >= 0.6 is 11.6 Å². The molecule has 2 rings (SSSR count). The molecular weight excluding hydrogens is 192 g/mol. The highest BCUT2D eigenvalue weighted by atomic mass is 35.5. The van der Waals surface area contributed by atoms with E-state index in [1.54, 1.807) is 0 Å². The summed E-state index contributed by atoms with van der Waals surface area (Å²) in [6.45, 7) is 0.801. The van der Waals surface area contributed by atoms with Gasteiger partial charge in [-0.3, -0.25) is 0 Å². The van der Waals surface area contributed by atoms with Crippen molar-refractivity contribution in [2.24, 2.45) is 0 Å². The molecule has 1 aromatic rings. The number of fused-ring (bicyclic) bond motifs is 1. The number of hydrogen-bond donors (Lipinski definition) is 0. The van der Waals surface area contributed by atoms with Crippen molar-refractivity contribution >= 4 is 11.6 Å². The monoisotopic (exact) mass is 200 g/mol. The Hall–Kier alpha value is -0.930. The van der Waals surface area contributed by atoms with Crippen molar-refractivity contribution in [2.45, 2.75) is 6.61 Å². The maximum atomic E-state index is 5.39. The van der Waals surface area contributed by atoms with Gasteiger partial charge in [-0.2, -0.15) is 0 Å². The van der Waals surface area contributed by atoms with Gasteiger partial charge >= 0.3 is 0 Å². The summed E-state index contributed by atoms with van der Waals surface area (Å²) in [6.07, 6.45) is 0. The van der Waals surface area contributed by atoms with Crippen LogP contribution in [0, 0.1) is 0 Å². The first-order chi connectivity index (χ1) is 6.40. The van der Waals surface area contributed by atoms with Gasteiger partial charge < -0.3 is 14.2 Å². The second-order valence-corrected chi connectivity index (χ2v) is 2.86. The molecule has 0 N–H and O–H groups in total. The molecule has 1 aliphatic heterocycles. The predicted octanol–water partition coefficient (Wildman–Crippen LogP) is 2.13. The maximum Gasteiger partial charge on any atom is 0.231 e. The highest BCUT2D eigenvalue weighted by molar-refractivity contribution is 6.17. The third-order valence-electron chi connectivity index (χ3n) is 1.78. The Morgan fingerprint density at radius 2 is 2.15 bits per heavy atom. The fourth-order valence-electron chi connectivity index (χ4n) is 1.19. The molecule has 0 saturated carbocycles. The zero-order chi connectivity index (χ0) is 9.10. The van der Waals surface area contributed by atoms with Gasteiger partial charge in [0.1, 0.15) is 6.07 Å². The SMILES string of the molecule is ClCOCc1ccc2c(c1)OCO2. The van der Waals surface area contributed by atoms with Gasteiger partial charge in [-0.05, 0) is 17.7 Å².